The number of halogens is 1. The van der Waals surface area contributed by atoms with Crippen LogP contribution in [0.15, 0.2) is 53.0 Å². The van der Waals surface area contributed by atoms with Crippen LogP contribution >= 0.6 is 15.9 Å². The summed E-state index contributed by atoms with van der Waals surface area (Å²) in [7, 11) is 3.19. The second-order valence-electron chi connectivity index (χ2n) is 5.47. The van der Waals surface area contributed by atoms with Gasteiger partial charge in [-0.1, -0.05) is 28.1 Å². The van der Waals surface area contributed by atoms with E-state index in [1.165, 1.54) is 7.11 Å². The Kier molecular flexibility index (Phi) is 6.97. The molecule has 0 fully saturated rings. The molecule has 0 saturated heterocycles. The lowest BCUT2D eigenvalue weighted by atomic mass is 10.2. The van der Waals surface area contributed by atoms with Crippen LogP contribution in [0.5, 0.6) is 0 Å². The summed E-state index contributed by atoms with van der Waals surface area (Å²) in [6, 6.07) is 14.5. The van der Waals surface area contributed by atoms with Gasteiger partial charge in [0.25, 0.3) is 0 Å². The zero-order chi connectivity index (χ0) is 18.2. The van der Waals surface area contributed by atoms with Gasteiger partial charge in [-0.3, -0.25) is 4.79 Å². The standard InChI is InChI=1S/C18H20BrN3O3/c1-22(11-13-3-5-14(19)6-4-13)18(24)21-16-9-7-15(8-10-16)20-17(23)12-25-2/h3-10H,11-12H2,1-2H3,(H,20,23)(H,21,24). The second-order valence-corrected chi connectivity index (χ2v) is 6.39. The van der Waals surface area contributed by atoms with Crippen LogP contribution in [0.3, 0.4) is 0 Å². The molecule has 0 aliphatic carbocycles. The van der Waals surface area contributed by atoms with Gasteiger partial charge in [0.1, 0.15) is 6.61 Å². The molecule has 25 heavy (non-hydrogen) atoms. The van der Waals surface area contributed by atoms with Gasteiger partial charge in [0.15, 0.2) is 0 Å². The summed E-state index contributed by atoms with van der Waals surface area (Å²) in [5.74, 6) is -0.228. The van der Waals surface area contributed by atoms with Crippen LogP contribution in [0, 0.1) is 0 Å². The number of urea groups is 1. The molecular formula is C18H20BrN3O3. The van der Waals surface area contributed by atoms with Gasteiger partial charge in [-0.05, 0) is 42.0 Å². The van der Waals surface area contributed by atoms with Crippen LogP contribution in [0.4, 0.5) is 16.2 Å². The van der Waals surface area contributed by atoms with Gasteiger partial charge >= 0.3 is 6.03 Å². The molecule has 0 aliphatic heterocycles. The molecule has 132 valence electrons. The van der Waals surface area contributed by atoms with Crippen LogP contribution < -0.4 is 10.6 Å². The molecule has 2 rings (SSSR count). The lowest BCUT2D eigenvalue weighted by Gasteiger charge is -2.18. The fourth-order valence-corrected chi connectivity index (χ4v) is 2.38. The number of anilines is 2. The fraction of sp³-hybridized carbons (Fsp3) is 0.222. The van der Waals surface area contributed by atoms with E-state index in [0.29, 0.717) is 17.9 Å². The lowest BCUT2D eigenvalue weighted by molar-refractivity contribution is -0.119. The molecule has 0 spiro atoms. The molecule has 0 bridgehead atoms. The molecule has 0 radical (unpaired) electrons. The van der Waals surface area contributed by atoms with Crippen LogP contribution in [-0.4, -0.2) is 37.6 Å². The fourth-order valence-electron chi connectivity index (χ4n) is 2.12. The Morgan fingerprint density at radius 2 is 1.56 bits per heavy atom. The van der Waals surface area contributed by atoms with E-state index in [0.717, 1.165) is 10.0 Å². The van der Waals surface area contributed by atoms with Crippen molar-refractivity contribution >= 4 is 39.2 Å². The van der Waals surface area contributed by atoms with E-state index in [4.69, 9.17) is 4.74 Å². The minimum absolute atomic E-state index is 0.000655. The predicted octanol–water partition coefficient (Wildman–Crippen LogP) is 3.70. The van der Waals surface area contributed by atoms with Gasteiger partial charge < -0.3 is 20.3 Å². The van der Waals surface area contributed by atoms with Crippen molar-refractivity contribution in [1.82, 2.24) is 4.90 Å². The van der Waals surface area contributed by atoms with Gasteiger partial charge in [0, 0.05) is 36.5 Å². The van der Waals surface area contributed by atoms with Gasteiger partial charge in [-0.15, -0.1) is 0 Å². The molecular weight excluding hydrogens is 386 g/mol. The summed E-state index contributed by atoms with van der Waals surface area (Å²) >= 11 is 3.39. The first-order valence-corrected chi connectivity index (χ1v) is 8.42. The molecule has 0 heterocycles. The van der Waals surface area contributed by atoms with Crippen molar-refractivity contribution < 1.29 is 14.3 Å². The summed E-state index contributed by atoms with van der Waals surface area (Å²) in [6.45, 7) is 0.504. The van der Waals surface area contributed by atoms with E-state index < -0.39 is 0 Å². The van der Waals surface area contributed by atoms with Crippen molar-refractivity contribution in [2.75, 3.05) is 31.4 Å². The Morgan fingerprint density at radius 3 is 2.12 bits per heavy atom. The number of benzene rings is 2. The Morgan fingerprint density at radius 1 is 1.00 bits per heavy atom. The summed E-state index contributed by atoms with van der Waals surface area (Å²) in [4.78, 5) is 25.3. The SMILES string of the molecule is COCC(=O)Nc1ccc(NC(=O)N(C)Cc2ccc(Br)cc2)cc1. The van der Waals surface area contributed by atoms with Gasteiger partial charge in [0.05, 0.1) is 0 Å². The molecule has 0 unspecified atom stereocenters. The molecule has 7 heteroatoms. The maximum Gasteiger partial charge on any atom is 0.321 e. The first kappa shape index (κ1) is 19.0. The molecule has 2 aromatic rings. The van der Waals surface area contributed by atoms with Crippen LogP contribution in [-0.2, 0) is 16.1 Å². The van der Waals surface area contributed by atoms with Crippen molar-refractivity contribution in [2.24, 2.45) is 0 Å². The van der Waals surface area contributed by atoms with E-state index in [9.17, 15) is 9.59 Å². The zero-order valence-electron chi connectivity index (χ0n) is 14.1. The second kappa shape index (κ2) is 9.19. The Hall–Kier alpha value is -2.38. The van der Waals surface area contributed by atoms with E-state index in [1.807, 2.05) is 24.3 Å². The quantitative estimate of drug-likeness (QED) is 0.769. The van der Waals surface area contributed by atoms with Crippen molar-refractivity contribution in [3.8, 4) is 0 Å². The minimum atomic E-state index is -0.228. The van der Waals surface area contributed by atoms with Crippen LogP contribution in [0.2, 0.25) is 0 Å². The Labute approximate surface area is 155 Å². The van der Waals surface area contributed by atoms with Crippen molar-refractivity contribution in [3.05, 3.63) is 58.6 Å². The average molecular weight is 406 g/mol. The summed E-state index contributed by atoms with van der Waals surface area (Å²) in [6.07, 6.45) is 0. The average Bonchev–Trinajstić information content (AvgIpc) is 2.59. The van der Waals surface area contributed by atoms with Crippen LogP contribution in [0.1, 0.15) is 5.56 Å². The van der Waals surface area contributed by atoms with Gasteiger partial charge in [-0.2, -0.15) is 0 Å². The summed E-state index contributed by atoms with van der Waals surface area (Å²) in [5, 5.41) is 5.51. The number of nitrogens with zero attached hydrogens (tertiary/aromatic N) is 1. The van der Waals surface area contributed by atoms with E-state index in [2.05, 4.69) is 26.6 Å². The number of rotatable bonds is 6. The number of nitrogens with one attached hydrogen (secondary N) is 2. The first-order valence-electron chi connectivity index (χ1n) is 7.63. The molecule has 2 N–H and O–H groups in total. The third-order valence-corrected chi connectivity index (χ3v) is 3.90. The molecule has 6 nitrogen and oxygen atoms in total. The van der Waals surface area contributed by atoms with Crippen molar-refractivity contribution in [3.63, 3.8) is 0 Å². The number of hydrogen-bond donors (Lipinski definition) is 2. The summed E-state index contributed by atoms with van der Waals surface area (Å²) < 4.78 is 5.76. The first-order chi connectivity index (χ1) is 12.0. The third-order valence-electron chi connectivity index (χ3n) is 3.38. The highest BCUT2D eigenvalue weighted by molar-refractivity contribution is 9.10. The number of carbonyl (C=O) groups excluding carboxylic acids is 2. The van der Waals surface area contributed by atoms with Gasteiger partial charge in [-0.25, -0.2) is 4.79 Å². The van der Waals surface area contributed by atoms with Crippen molar-refractivity contribution in [1.29, 1.82) is 0 Å². The zero-order valence-corrected chi connectivity index (χ0v) is 15.7. The smallest absolute Gasteiger partial charge is 0.321 e. The molecule has 2 aromatic carbocycles. The predicted molar refractivity (Wildman–Crippen MR) is 102 cm³/mol. The highest BCUT2D eigenvalue weighted by atomic mass is 79.9. The number of ether oxygens (including phenoxy) is 1. The molecule has 0 saturated carbocycles. The molecule has 0 aliphatic rings. The highest BCUT2D eigenvalue weighted by Gasteiger charge is 2.10. The monoisotopic (exact) mass is 405 g/mol. The lowest BCUT2D eigenvalue weighted by Crippen LogP contribution is -2.30. The molecule has 0 aromatic heterocycles. The topological polar surface area (TPSA) is 70.7 Å². The number of methoxy groups -OCH3 is 1. The largest absolute Gasteiger partial charge is 0.375 e. The normalized spacial score (nSPS) is 10.2. The van der Waals surface area contributed by atoms with Gasteiger partial charge in [0.2, 0.25) is 5.91 Å². The maximum absolute atomic E-state index is 12.3. The highest BCUT2D eigenvalue weighted by Crippen LogP contribution is 2.15. The maximum atomic E-state index is 12.3. The van der Waals surface area contributed by atoms with E-state index >= 15 is 0 Å². The summed E-state index contributed by atoms with van der Waals surface area (Å²) in [5.41, 5.74) is 2.33. The van der Waals surface area contributed by atoms with E-state index in [-0.39, 0.29) is 18.5 Å². The van der Waals surface area contributed by atoms with Crippen molar-refractivity contribution in [2.45, 2.75) is 6.54 Å². The minimum Gasteiger partial charge on any atom is -0.375 e. The number of carbonyl (C=O) groups is 2. The molecule has 3 amide bonds. The van der Waals surface area contributed by atoms with Crippen LogP contribution in [0.25, 0.3) is 0 Å². The Bertz CT molecular complexity index is 717. The van der Waals surface area contributed by atoms with E-state index in [1.54, 1.807) is 36.2 Å². The third kappa shape index (κ3) is 6.21. The number of hydrogen-bond acceptors (Lipinski definition) is 3. The molecule has 0 atom stereocenters. The number of amides is 3. The Balaban J connectivity index is 1.88.